The summed E-state index contributed by atoms with van der Waals surface area (Å²) < 4.78 is 0. The van der Waals surface area contributed by atoms with E-state index in [9.17, 15) is 9.59 Å². The molecule has 0 bridgehead atoms. The molecule has 1 atom stereocenters. The van der Waals surface area contributed by atoms with Gasteiger partial charge in [0.1, 0.15) is 5.69 Å². The molecule has 1 unspecified atom stereocenters. The average molecular weight is 266 g/mol. The first-order valence-corrected chi connectivity index (χ1v) is 7.01. The van der Waals surface area contributed by atoms with Gasteiger partial charge in [0.05, 0.1) is 0 Å². The van der Waals surface area contributed by atoms with Crippen LogP contribution in [-0.4, -0.2) is 46.5 Å². The lowest BCUT2D eigenvalue weighted by molar-refractivity contribution is 0.0734. The second-order valence-electron chi connectivity index (χ2n) is 5.05. The summed E-state index contributed by atoms with van der Waals surface area (Å²) in [5.41, 5.74) is 0.0110. The monoisotopic (exact) mass is 266 g/mol. The third-order valence-electron chi connectivity index (χ3n) is 3.50. The van der Waals surface area contributed by atoms with E-state index < -0.39 is 0 Å². The second kappa shape index (κ2) is 6.56. The van der Waals surface area contributed by atoms with Crippen LogP contribution in [0.5, 0.6) is 0 Å². The summed E-state index contributed by atoms with van der Waals surface area (Å²) in [4.78, 5) is 30.3. The Kier molecular flexibility index (Phi) is 4.79. The fourth-order valence-corrected chi connectivity index (χ4v) is 2.42. The number of hydrogen-bond donors (Lipinski definition) is 3. The summed E-state index contributed by atoms with van der Waals surface area (Å²) in [6.45, 7) is 4.59. The Morgan fingerprint density at radius 2 is 2.37 bits per heavy atom. The predicted octanol–water partition coefficient (Wildman–Crippen LogP) is 0.697. The van der Waals surface area contributed by atoms with Crippen LogP contribution in [0.15, 0.2) is 11.0 Å². The zero-order valence-electron chi connectivity index (χ0n) is 11.4. The van der Waals surface area contributed by atoms with Crippen LogP contribution in [0.4, 0.5) is 0 Å². The van der Waals surface area contributed by atoms with Crippen molar-refractivity contribution in [2.24, 2.45) is 0 Å². The van der Waals surface area contributed by atoms with Gasteiger partial charge in [-0.3, -0.25) is 4.79 Å². The lowest BCUT2D eigenvalue weighted by Crippen LogP contribution is -2.41. The topological polar surface area (TPSA) is 81.0 Å². The number of unbranched alkanes of at least 4 members (excludes halogenated alkanes) is 1. The maximum atomic E-state index is 12.4. The lowest BCUT2D eigenvalue weighted by Gasteiger charge is -2.25. The summed E-state index contributed by atoms with van der Waals surface area (Å²) in [7, 11) is 0. The first-order chi connectivity index (χ1) is 9.20. The largest absolute Gasteiger partial charge is 0.336 e. The van der Waals surface area contributed by atoms with Crippen LogP contribution in [-0.2, 0) is 0 Å². The average Bonchev–Trinajstić information content (AvgIpc) is 3.05. The van der Waals surface area contributed by atoms with Gasteiger partial charge in [0.15, 0.2) is 0 Å². The summed E-state index contributed by atoms with van der Waals surface area (Å²) >= 11 is 0. The van der Waals surface area contributed by atoms with Crippen LogP contribution in [0.2, 0.25) is 0 Å². The molecule has 0 aromatic carbocycles. The molecule has 1 fully saturated rings. The van der Waals surface area contributed by atoms with Crippen molar-refractivity contribution in [3.05, 3.63) is 22.4 Å². The van der Waals surface area contributed by atoms with Crippen molar-refractivity contribution in [1.29, 1.82) is 0 Å². The number of hydrogen-bond acceptors (Lipinski definition) is 3. The Balaban J connectivity index is 2.02. The first kappa shape index (κ1) is 13.9. The van der Waals surface area contributed by atoms with Gasteiger partial charge in [-0.15, -0.1) is 0 Å². The van der Waals surface area contributed by atoms with Crippen LogP contribution in [0.3, 0.4) is 0 Å². The van der Waals surface area contributed by atoms with Crippen LogP contribution in [0.1, 0.15) is 43.1 Å². The second-order valence-corrected chi connectivity index (χ2v) is 5.05. The van der Waals surface area contributed by atoms with Crippen molar-refractivity contribution in [3.63, 3.8) is 0 Å². The smallest absolute Gasteiger partial charge is 0.323 e. The molecule has 1 amide bonds. The van der Waals surface area contributed by atoms with E-state index in [-0.39, 0.29) is 11.6 Å². The number of amides is 1. The molecule has 6 heteroatoms. The van der Waals surface area contributed by atoms with E-state index in [1.165, 1.54) is 12.6 Å². The van der Waals surface area contributed by atoms with Crippen molar-refractivity contribution >= 4 is 5.91 Å². The molecule has 1 aromatic heterocycles. The summed E-state index contributed by atoms with van der Waals surface area (Å²) in [5, 5.41) is 3.40. The Morgan fingerprint density at radius 1 is 1.53 bits per heavy atom. The summed E-state index contributed by atoms with van der Waals surface area (Å²) in [6.07, 6.45) is 5.76. The van der Waals surface area contributed by atoms with Crippen LogP contribution in [0.25, 0.3) is 0 Å². The molecular weight excluding hydrogens is 244 g/mol. The molecule has 1 aliphatic rings. The fraction of sp³-hybridized carbons (Fsp3) is 0.692. The third kappa shape index (κ3) is 3.70. The molecular formula is C13H22N4O2. The van der Waals surface area contributed by atoms with E-state index in [0.717, 1.165) is 32.4 Å². The van der Waals surface area contributed by atoms with Gasteiger partial charge < -0.3 is 20.2 Å². The molecule has 106 valence electrons. The van der Waals surface area contributed by atoms with E-state index in [4.69, 9.17) is 0 Å². The van der Waals surface area contributed by atoms with E-state index >= 15 is 0 Å². The summed E-state index contributed by atoms with van der Waals surface area (Å²) in [6, 6.07) is 0.381. The van der Waals surface area contributed by atoms with Gasteiger partial charge in [-0.05, 0) is 25.8 Å². The van der Waals surface area contributed by atoms with Gasteiger partial charge in [0, 0.05) is 25.3 Å². The molecule has 6 nitrogen and oxygen atoms in total. The molecule has 0 saturated carbocycles. The van der Waals surface area contributed by atoms with Crippen molar-refractivity contribution in [1.82, 2.24) is 20.2 Å². The highest BCUT2D eigenvalue weighted by molar-refractivity contribution is 5.92. The zero-order chi connectivity index (χ0) is 13.7. The minimum Gasteiger partial charge on any atom is -0.336 e. The molecule has 1 aliphatic heterocycles. The number of aromatic nitrogens is 2. The molecule has 0 aliphatic carbocycles. The van der Waals surface area contributed by atoms with Crippen LogP contribution < -0.4 is 11.0 Å². The van der Waals surface area contributed by atoms with Crippen molar-refractivity contribution in [2.75, 3.05) is 19.6 Å². The number of rotatable bonds is 6. The number of carbonyl (C=O) groups is 1. The summed E-state index contributed by atoms with van der Waals surface area (Å²) in [5.74, 6) is -0.0968. The highest BCUT2D eigenvalue weighted by Gasteiger charge is 2.22. The number of carbonyl (C=O) groups excluding carboxylic acids is 1. The molecule has 2 heterocycles. The normalized spacial score (nSPS) is 18.7. The Labute approximate surface area is 112 Å². The standard InChI is InChI=1S/C13H22N4O2/c1-2-3-7-17(9-10-5-4-6-14-10)12(18)11-8-15-13(19)16-11/h8,10,14H,2-7,9H2,1H3,(H2,15,16,19). The maximum absolute atomic E-state index is 12.4. The quantitative estimate of drug-likeness (QED) is 0.709. The molecule has 2 rings (SSSR count). The molecule has 19 heavy (non-hydrogen) atoms. The highest BCUT2D eigenvalue weighted by Crippen LogP contribution is 2.10. The molecule has 3 N–H and O–H groups in total. The Morgan fingerprint density at radius 3 is 2.95 bits per heavy atom. The molecule has 0 radical (unpaired) electrons. The highest BCUT2D eigenvalue weighted by atomic mass is 16.2. The van der Waals surface area contributed by atoms with Crippen molar-refractivity contribution in [3.8, 4) is 0 Å². The molecule has 1 saturated heterocycles. The Bertz CT molecular complexity index is 459. The molecule has 1 aromatic rings. The van der Waals surface area contributed by atoms with Crippen LogP contribution >= 0.6 is 0 Å². The van der Waals surface area contributed by atoms with Crippen molar-refractivity contribution < 1.29 is 4.79 Å². The minimum atomic E-state index is -0.335. The lowest BCUT2D eigenvalue weighted by atomic mass is 10.2. The number of aromatic amines is 2. The first-order valence-electron chi connectivity index (χ1n) is 7.01. The Hall–Kier alpha value is -1.56. The number of H-pyrrole nitrogens is 2. The maximum Gasteiger partial charge on any atom is 0.323 e. The third-order valence-corrected chi connectivity index (χ3v) is 3.50. The zero-order valence-corrected chi connectivity index (χ0v) is 11.4. The fourth-order valence-electron chi connectivity index (χ4n) is 2.42. The molecule has 0 spiro atoms. The van der Waals surface area contributed by atoms with Gasteiger partial charge >= 0.3 is 5.69 Å². The van der Waals surface area contributed by atoms with Gasteiger partial charge in [0.25, 0.3) is 5.91 Å². The minimum absolute atomic E-state index is 0.0968. The van der Waals surface area contributed by atoms with Gasteiger partial charge in [-0.2, -0.15) is 0 Å². The van der Waals surface area contributed by atoms with E-state index in [1.807, 2.05) is 4.90 Å². The number of nitrogens with one attached hydrogen (secondary N) is 3. The van der Waals surface area contributed by atoms with Gasteiger partial charge in [-0.25, -0.2) is 4.79 Å². The van der Waals surface area contributed by atoms with Crippen LogP contribution in [0, 0.1) is 0 Å². The van der Waals surface area contributed by atoms with E-state index in [0.29, 0.717) is 18.3 Å². The van der Waals surface area contributed by atoms with Gasteiger partial charge in [0.2, 0.25) is 0 Å². The van der Waals surface area contributed by atoms with Crippen molar-refractivity contribution in [2.45, 2.75) is 38.6 Å². The number of nitrogens with zero attached hydrogens (tertiary/aromatic N) is 1. The van der Waals surface area contributed by atoms with E-state index in [2.05, 4.69) is 22.2 Å². The predicted molar refractivity (Wildman–Crippen MR) is 73.2 cm³/mol. The SMILES string of the molecule is CCCCN(CC1CCCN1)C(=O)c1c[nH]c(=O)[nH]1. The number of imidazole rings is 1. The van der Waals surface area contributed by atoms with Gasteiger partial charge in [-0.1, -0.05) is 13.3 Å². The van der Waals surface area contributed by atoms with E-state index in [1.54, 1.807) is 0 Å².